The van der Waals surface area contributed by atoms with E-state index in [0.717, 1.165) is 23.7 Å². The highest BCUT2D eigenvalue weighted by Gasteiger charge is 2.33. The molecule has 0 saturated heterocycles. The van der Waals surface area contributed by atoms with Crippen LogP contribution in [0.4, 0.5) is 0 Å². The van der Waals surface area contributed by atoms with Gasteiger partial charge in [0.05, 0.1) is 12.1 Å². The van der Waals surface area contributed by atoms with Crippen molar-refractivity contribution in [1.82, 2.24) is 15.3 Å². The zero-order valence-corrected chi connectivity index (χ0v) is 12.5. The fourth-order valence-electron chi connectivity index (χ4n) is 1.61. The second-order valence-corrected chi connectivity index (χ2v) is 5.51. The molecule has 0 spiro atoms. The predicted octanol–water partition coefficient (Wildman–Crippen LogP) is 1.89. The molecule has 19 heavy (non-hydrogen) atoms. The molecule has 1 heterocycles. The molecule has 0 saturated carbocycles. The van der Waals surface area contributed by atoms with Crippen LogP contribution in [0, 0.1) is 0 Å². The molecule has 1 aromatic heterocycles. The number of hydrogen-bond donors (Lipinski definition) is 1. The minimum Gasteiger partial charge on any atom is -0.468 e. The third kappa shape index (κ3) is 5.16. The van der Waals surface area contributed by atoms with Crippen molar-refractivity contribution < 1.29 is 9.53 Å². The van der Waals surface area contributed by atoms with Crippen molar-refractivity contribution in [3.8, 4) is 0 Å². The van der Waals surface area contributed by atoms with Crippen molar-refractivity contribution in [3.05, 3.63) is 18.6 Å². The van der Waals surface area contributed by atoms with Gasteiger partial charge in [-0.3, -0.25) is 4.79 Å². The van der Waals surface area contributed by atoms with Crippen LogP contribution >= 0.6 is 11.8 Å². The van der Waals surface area contributed by atoms with Gasteiger partial charge in [0.15, 0.2) is 0 Å². The van der Waals surface area contributed by atoms with E-state index < -0.39 is 5.54 Å². The Labute approximate surface area is 118 Å². The lowest BCUT2D eigenvalue weighted by atomic mass is 9.99. The Morgan fingerprint density at radius 2 is 2.37 bits per heavy atom. The second kappa shape index (κ2) is 8.12. The van der Waals surface area contributed by atoms with Crippen molar-refractivity contribution in [3.63, 3.8) is 0 Å². The van der Waals surface area contributed by atoms with Crippen molar-refractivity contribution in [1.29, 1.82) is 0 Å². The van der Waals surface area contributed by atoms with Gasteiger partial charge in [0.25, 0.3) is 0 Å². The molecule has 0 aromatic carbocycles. The van der Waals surface area contributed by atoms with Gasteiger partial charge in [-0.2, -0.15) is 0 Å². The van der Waals surface area contributed by atoms with Gasteiger partial charge < -0.3 is 10.1 Å². The smallest absolute Gasteiger partial charge is 0.325 e. The van der Waals surface area contributed by atoms with Gasteiger partial charge in [-0.05, 0) is 32.4 Å². The van der Waals surface area contributed by atoms with Crippen LogP contribution in [-0.4, -0.2) is 40.9 Å². The summed E-state index contributed by atoms with van der Waals surface area (Å²) in [6.07, 6.45) is 4.90. The third-order valence-electron chi connectivity index (χ3n) is 2.81. The van der Waals surface area contributed by atoms with E-state index in [1.54, 1.807) is 18.0 Å². The normalized spacial score (nSPS) is 13.8. The molecule has 1 unspecified atom stereocenters. The molecule has 1 atom stereocenters. The van der Waals surface area contributed by atoms with Gasteiger partial charge in [-0.15, -0.1) is 11.8 Å². The van der Waals surface area contributed by atoms with E-state index in [1.807, 2.05) is 13.0 Å². The maximum atomic E-state index is 11.9. The molecule has 0 bridgehead atoms. The Hall–Kier alpha value is -1.14. The molecular weight excluding hydrogens is 262 g/mol. The van der Waals surface area contributed by atoms with E-state index in [0.29, 0.717) is 6.42 Å². The number of ether oxygens (including phenoxy) is 1. The van der Waals surface area contributed by atoms with E-state index in [-0.39, 0.29) is 5.97 Å². The van der Waals surface area contributed by atoms with Crippen molar-refractivity contribution >= 4 is 17.7 Å². The van der Waals surface area contributed by atoms with Crippen LogP contribution < -0.4 is 5.32 Å². The fourth-order valence-corrected chi connectivity index (χ4v) is 2.61. The van der Waals surface area contributed by atoms with Crippen LogP contribution in [0.5, 0.6) is 0 Å². The van der Waals surface area contributed by atoms with Crippen LogP contribution in [0.15, 0.2) is 23.6 Å². The summed E-state index contributed by atoms with van der Waals surface area (Å²) in [5, 5.41) is 4.18. The number of nitrogens with one attached hydrogen (secondary N) is 1. The minimum atomic E-state index is -0.634. The molecule has 0 aliphatic carbocycles. The molecule has 1 N–H and O–H groups in total. The van der Waals surface area contributed by atoms with Crippen molar-refractivity contribution in [2.75, 3.05) is 19.4 Å². The lowest BCUT2D eigenvalue weighted by molar-refractivity contribution is -0.148. The summed E-state index contributed by atoms with van der Waals surface area (Å²) in [4.78, 5) is 19.9. The van der Waals surface area contributed by atoms with Crippen LogP contribution in [0.25, 0.3) is 0 Å². The van der Waals surface area contributed by atoms with Gasteiger partial charge in [0.2, 0.25) is 0 Å². The topological polar surface area (TPSA) is 64.1 Å². The van der Waals surface area contributed by atoms with Crippen LogP contribution in [0.3, 0.4) is 0 Å². The first-order chi connectivity index (χ1) is 9.12. The maximum absolute atomic E-state index is 11.9. The molecule has 5 nitrogen and oxygen atoms in total. The highest BCUT2D eigenvalue weighted by Crippen LogP contribution is 2.20. The minimum absolute atomic E-state index is 0.218. The summed E-state index contributed by atoms with van der Waals surface area (Å²) in [6.45, 7) is 4.75. The molecule has 1 rings (SSSR count). The molecular formula is C13H21N3O2S. The summed E-state index contributed by atoms with van der Waals surface area (Å²) in [7, 11) is 1.42. The molecule has 0 amide bonds. The summed E-state index contributed by atoms with van der Waals surface area (Å²) < 4.78 is 4.88. The van der Waals surface area contributed by atoms with Gasteiger partial charge in [0, 0.05) is 11.9 Å². The Morgan fingerprint density at radius 3 is 2.95 bits per heavy atom. The fraction of sp³-hybridized carbons (Fsp3) is 0.615. The number of esters is 1. The zero-order chi connectivity index (χ0) is 14.1. The van der Waals surface area contributed by atoms with Crippen LogP contribution in [-0.2, 0) is 9.53 Å². The van der Waals surface area contributed by atoms with E-state index in [1.165, 1.54) is 13.4 Å². The molecule has 0 aliphatic heterocycles. The quantitative estimate of drug-likeness (QED) is 0.446. The molecule has 0 radical (unpaired) electrons. The number of carbonyl (C=O) groups excluding carboxylic acids is 1. The standard InChI is InChI=1S/C13H21N3O2S/c1-4-7-16-13(2,12(17)18-3)6-9-19-11-5-8-14-10-15-11/h5,8,10,16H,4,6-7,9H2,1-3H3. The first kappa shape index (κ1) is 15.9. The Bertz CT molecular complexity index is 389. The molecule has 6 heteroatoms. The summed E-state index contributed by atoms with van der Waals surface area (Å²) in [5.41, 5.74) is -0.634. The van der Waals surface area contributed by atoms with Gasteiger partial charge in [0.1, 0.15) is 11.9 Å². The summed E-state index contributed by atoms with van der Waals surface area (Å²) >= 11 is 1.61. The molecule has 0 aliphatic rings. The number of rotatable bonds is 8. The third-order valence-corrected chi connectivity index (χ3v) is 3.75. The lowest BCUT2D eigenvalue weighted by Crippen LogP contribution is -2.50. The average molecular weight is 283 g/mol. The van der Waals surface area contributed by atoms with E-state index in [2.05, 4.69) is 22.2 Å². The first-order valence-corrected chi connectivity index (χ1v) is 7.33. The molecule has 0 fully saturated rings. The molecule has 106 valence electrons. The van der Waals surface area contributed by atoms with E-state index in [4.69, 9.17) is 4.74 Å². The van der Waals surface area contributed by atoms with Gasteiger partial charge >= 0.3 is 5.97 Å². The maximum Gasteiger partial charge on any atom is 0.325 e. The van der Waals surface area contributed by atoms with Crippen LogP contribution in [0.1, 0.15) is 26.7 Å². The first-order valence-electron chi connectivity index (χ1n) is 6.34. The highest BCUT2D eigenvalue weighted by atomic mass is 32.2. The number of methoxy groups -OCH3 is 1. The van der Waals surface area contributed by atoms with E-state index in [9.17, 15) is 4.79 Å². The number of thioether (sulfide) groups is 1. The van der Waals surface area contributed by atoms with Crippen molar-refractivity contribution in [2.45, 2.75) is 37.3 Å². The lowest BCUT2D eigenvalue weighted by Gasteiger charge is -2.27. The Balaban J connectivity index is 2.51. The Kier molecular flexibility index (Phi) is 6.80. The number of aromatic nitrogens is 2. The van der Waals surface area contributed by atoms with Crippen LogP contribution in [0.2, 0.25) is 0 Å². The number of nitrogens with zero attached hydrogens (tertiary/aromatic N) is 2. The summed E-state index contributed by atoms with van der Waals surface area (Å²) in [5.74, 6) is 0.573. The largest absolute Gasteiger partial charge is 0.468 e. The molecule has 1 aromatic rings. The predicted molar refractivity (Wildman–Crippen MR) is 76.1 cm³/mol. The average Bonchev–Trinajstić information content (AvgIpc) is 2.45. The van der Waals surface area contributed by atoms with E-state index >= 15 is 0 Å². The Morgan fingerprint density at radius 1 is 1.58 bits per heavy atom. The zero-order valence-electron chi connectivity index (χ0n) is 11.7. The number of carbonyl (C=O) groups is 1. The van der Waals surface area contributed by atoms with Gasteiger partial charge in [-0.1, -0.05) is 6.92 Å². The number of hydrogen-bond acceptors (Lipinski definition) is 6. The SMILES string of the molecule is CCCNC(C)(CCSc1ccncn1)C(=O)OC. The highest BCUT2D eigenvalue weighted by molar-refractivity contribution is 7.99. The second-order valence-electron chi connectivity index (χ2n) is 4.40. The van der Waals surface area contributed by atoms with Gasteiger partial charge in [-0.25, -0.2) is 9.97 Å². The monoisotopic (exact) mass is 283 g/mol. The summed E-state index contributed by atoms with van der Waals surface area (Å²) in [6, 6.07) is 1.86. The van der Waals surface area contributed by atoms with Crippen molar-refractivity contribution in [2.24, 2.45) is 0 Å².